The lowest BCUT2D eigenvalue weighted by Crippen LogP contribution is -2.20. The average Bonchev–Trinajstić information content (AvgIpc) is 2.98. The minimum atomic E-state index is 0.421. The Morgan fingerprint density at radius 1 is 0.917 bits per heavy atom. The van der Waals surface area contributed by atoms with Crippen molar-refractivity contribution in [3.63, 3.8) is 0 Å². The van der Waals surface area contributed by atoms with Crippen molar-refractivity contribution in [3.8, 4) is 0 Å². The molecule has 3 rings (SSSR count). The van der Waals surface area contributed by atoms with Gasteiger partial charge < -0.3 is 9.88 Å². The summed E-state index contributed by atoms with van der Waals surface area (Å²) < 4.78 is 2.39. The van der Waals surface area contributed by atoms with Crippen LogP contribution >= 0.6 is 0 Å². The molecule has 2 heteroatoms. The summed E-state index contributed by atoms with van der Waals surface area (Å²) in [5.41, 5.74) is 4.13. The number of nitrogens with one attached hydrogen (secondary N) is 1. The van der Waals surface area contributed by atoms with Gasteiger partial charge in [-0.25, -0.2) is 0 Å². The van der Waals surface area contributed by atoms with Gasteiger partial charge in [0.05, 0.1) is 0 Å². The highest BCUT2D eigenvalue weighted by atomic mass is 15.0. The van der Waals surface area contributed by atoms with Crippen LogP contribution in [0.3, 0.4) is 0 Å². The highest BCUT2D eigenvalue weighted by Gasteiger charge is 2.12. The van der Waals surface area contributed by atoms with Crippen molar-refractivity contribution in [3.05, 3.63) is 71.9 Å². The number of rotatable bonds is 8. The molecule has 3 aromatic rings. The van der Waals surface area contributed by atoms with Crippen LogP contribution in [-0.4, -0.2) is 4.57 Å². The van der Waals surface area contributed by atoms with Crippen molar-refractivity contribution in [2.45, 2.75) is 52.2 Å². The molecule has 0 aliphatic carbocycles. The van der Waals surface area contributed by atoms with Gasteiger partial charge in [0.15, 0.2) is 0 Å². The van der Waals surface area contributed by atoms with Gasteiger partial charge in [0.1, 0.15) is 0 Å². The summed E-state index contributed by atoms with van der Waals surface area (Å²) in [6.45, 7) is 6.48. The second-order valence-electron chi connectivity index (χ2n) is 6.50. The fourth-order valence-electron chi connectivity index (χ4n) is 3.48. The molecule has 0 fully saturated rings. The summed E-state index contributed by atoms with van der Waals surface area (Å²) in [6, 6.07) is 20.0. The van der Waals surface area contributed by atoms with E-state index in [-0.39, 0.29) is 0 Å². The maximum atomic E-state index is 3.79. The molecule has 1 heterocycles. The van der Waals surface area contributed by atoms with Gasteiger partial charge in [-0.15, -0.1) is 0 Å². The van der Waals surface area contributed by atoms with Crippen LogP contribution in [0, 0.1) is 0 Å². The van der Waals surface area contributed by atoms with Crippen molar-refractivity contribution in [2.24, 2.45) is 0 Å². The van der Waals surface area contributed by atoms with Crippen LogP contribution in [0.2, 0.25) is 0 Å². The monoisotopic (exact) mass is 320 g/mol. The summed E-state index contributed by atoms with van der Waals surface area (Å²) >= 11 is 0. The minimum absolute atomic E-state index is 0.421. The van der Waals surface area contributed by atoms with E-state index in [1.807, 2.05) is 0 Å². The van der Waals surface area contributed by atoms with Crippen molar-refractivity contribution in [1.29, 1.82) is 0 Å². The SMILES string of the molecule is CCC[C@@H](NCc1cn(CCC)c2ccccc12)c1ccccc1. The molecular formula is C22H28N2. The van der Waals surface area contributed by atoms with Crippen LogP contribution in [0.25, 0.3) is 10.9 Å². The van der Waals surface area contributed by atoms with E-state index in [0.717, 1.165) is 25.9 Å². The molecule has 1 atom stereocenters. The Morgan fingerprint density at radius 2 is 1.67 bits per heavy atom. The molecule has 0 amide bonds. The standard InChI is InChI=1S/C22H28N2/c1-3-10-21(18-11-6-5-7-12-18)23-16-19-17-24(15-4-2)22-14-9-8-13-20(19)22/h5-9,11-14,17,21,23H,3-4,10,15-16H2,1-2H3/t21-/m1/s1. The molecule has 1 N–H and O–H groups in total. The molecule has 0 saturated carbocycles. The molecule has 126 valence electrons. The van der Waals surface area contributed by atoms with Gasteiger partial charge in [-0.3, -0.25) is 0 Å². The largest absolute Gasteiger partial charge is 0.347 e. The molecule has 2 nitrogen and oxygen atoms in total. The summed E-state index contributed by atoms with van der Waals surface area (Å²) in [5, 5.41) is 5.16. The van der Waals surface area contributed by atoms with Crippen LogP contribution in [0.1, 0.15) is 50.3 Å². The predicted molar refractivity (Wildman–Crippen MR) is 103 cm³/mol. The maximum Gasteiger partial charge on any atom is 0.0483 e. The van der Waals surface area contributed by atoms with Gasteiger partial charge in [-0.2, -0.15) is 0 Å². The van der Waals surface area contributed by atoms with Gasteiger partial charge in [0.2, 0.25) is 0 Å². The van der Waals surface area contributed by atoms with Gasteiger partial charge in [-0.1, -0.05) is 68.8 Å². The molecular weight excluding hydrogens is 292 g/mol. The summed E-state index contributed by atoms with van der Waals surface area (Å²) in [7, 11) is 0. The molecule has 2 aromatic carbocycles. The second kappa shape index (κ2) is 8.16. The molecule has 1 aromatic heterocycles. The fourth-order valence-corrected chi connectivity index (χ4v) is 3.48. The maximum absolute atomic E-state index is 3.79. The number of nitrogens with zero attached hydrogens (tertiary/aromatic N) is 1. The Hall–Kier alpha value is -2.06. The molecule has 0 spiro atoms. The van der Waals surface area contributed by atoms with Crippen molar-refractivity contribution in [1.82, 2.24) is 9.88 Å². The first-order valence-electron chi connectivity index (χ1n) is 9.18. The van der Waals surface area contributed by atoms with E-state index < -0.39 is 0 Å². The number of hydrogen-bond donors (Lipinski definition) is 1. The number of hydrogen-bond acceptors (Lipinski definition) is 1. The average molecular weight is 320 g/mol. The molecule has 0 bridgehead atoms. The first-order chi connectivity index (χ1) is 11.8. The Balaban J connectivity index is 1.81. The van der Waals surface area contributed by atoms with Crippen LogP contribution in [-0.2, 0) is 13.1 Å². The number of benzene rings is 2. The smallest absolute Gasteiger partial charge is 0.0483 e. The van der Waals surface area contributed by atoms with Gasteiger partial charge in [0, 0.05) is 36.2 Å². The molecule has 24 heavy (non-hydrogen) atoms. The zero-order valence-corrected chi connectivity index (χ0v) is 14.8. The molecule has 0 radical (unpaired) electrons. The normalized spacial score (nSPS) is 12.6. The lowest BCUT2D eigenvalue weighted by molar-refractivity contribution is 0.494. The lowest BCUT2D eigenvalue weighted by atomic mass is 10.0. The van der Waals surface area contributed by atoms with E-state index in [1.165, 1.54) is 28.5 Å². The van der Waals surface area contributed by atoms with E-state index in [1.54, 1.807) is 0 Å². The molecule has 0 aliphatic rings. The highest BCUT2D eigenvalue weighted by Crippen LogP contribution is 2.24. The Morgan fingerprint density at radius 3 is 2.42 bits per heavy atom. The third kappa shape index (κ3) is 3.70. The van der Waals surface area contributed by atoms with E-state index in [0.29, 0.717) is 6.04 Å². The van der Waals surface area contributed by atoms with E-state index >= 15 is 0 Å². The van der Waals surface area contributed by atoms with Crippen molar-refractivity contribution < 1.29 is 0 Å². The third-order valence-corrected chi connectivity index (χ3v) is 4.65. The number of fused-ring (bicyclic) bond motifs is 1. The lowest BCUT2D eigenvalue weighted by Gasteiger charge is -2.18. The number of aryl methyl sites for hydroxylation is 1. The zero-order chi connectivity index (χ0) is 16.8. The summed E-state index contributed by atoms with van der Waals surface area (Å²) in [4.78, 5) is 0. The molecule has 0 unspecified atom stereocenters. The van der Waals surface area contributed by atoms with Crippen molar-refractivity contribution in [2.75, 3.05) is 0 Å². The highest BCUT2D eigenvalue weighted by molar-refractivity contribution is 5.83. The van der Waals surface area contributed by atoms with Gasteiger partial charge in [0.25, 0.3) is 0 Å². The fraction of sp³-hybridized carbons (Fsp3) is 0.364. The topological polar surface area (TPSA) is 17.0 Å². The quantitative estimate of drug-likeness (QED) is 0.565. The van der Waals surface area contributed by atoms with Crippen LogP contribution in [0.5, 0.6) is 0 Å². The van der Waals surface area contributed by atoms with Gasteiger partial charge >= 0.3 is 0 Å². The van der Waals surface area contributed by atoms with Crippen LogP contribution in [0.15, 0.2) is 60.8 Å². The molecule has 0 aliphatic heterocycles. The minimum Gasteiger partial charge on any atom is -0.347 e. The zero-order valence-electron chi connectivity index (χ0n) is 14.8. The first kappa shape index (κ1) is 16.8. The van der Waals surface area contributed by atoms with E-state index in [9.17, 15) is 0 Å². The number of para-hydroxylation sites is 1. The number of aromatic nitrogens is 1. The van der Waals surface area contributed by atoms with Crippen LogP contribution < -0.4 is 5.32 Å². The second-order valence-corrected chi connectivity index (χ2v) is 6.50. The van der Waals surface area contributed by atoms with Gasteiger partial charge in [-0.05, 0) is 30.0 Å². The summed E-state index contributed by atoms with van der Waals surface area (Å²) in [6.07, 6.45) is 5.84. The predicted octanol–water partition coefficient (Wildman–Crippen LogP) is 5.68. The summed E-state index contributed by atoms with van der Waals surface area (Å²) in [5.74, 6) is 0. The van der Waals surface area contributed by atoms with E-state index in [4.69, 9.17) is 0 Å². The first-order valence-corrected chi connectivity index (χ1v) is 9.18. The Labute approximate surface area is 145 Å². The van der Waals surface area contributed by atoms with E-state index in [2.05, 4.69) is 84.5 Å². The Kier molecular flexibility index (Phi) is 5.71. The molecule has 0 saturated heterocycles. The van der Waals surface area contributed by atoms with Crippen LogP contribution in [0.4, 0.5) is 0 Å². The third-order valence-electron chi connectivity index (χ3n) is 4.65. The van der Waals surface area contributed by atoms with Crippen molar-refractivity contribution >= 4 is 10.9 Å². The Bertz CT molecular complexity index is 758.